The molecule has 3 rings (SSSR count). The number of nitrogens with zero attached hydrogens (tertiary/aromatic N) is 2. The summed E-state index contributed by atoms with van der Waals surface area (Å²) in [6.45, 7) is 0.823. The van der Waals surface area contributed by atoms with E-state index in [2.05, 4.69) is 5.32 Å². The predicted molar refractivity (Wildman–Crippen MR) is 97.3 cm³/mol. The molecule has 1 fully saturated rings. The van der Waals surface area contributed by atoms with Gasteiger partial charge in [0.25, 0.3) is 0 Å². The Labute approximate surface area is 155 Å². The molecular formula is C18H17ClFN3O3. The van der Waals surface area contributed by atoms with Crippen LogP contribution in [0, 0.1) is 5.82 Å². The maximum Gasteiger partial charge on any atom is 0.325 e. The largest absolute Gasteiger partial charge is 0.497 e. The van der Waals surface area contributed by atoms with Crippen LogP contribution in [0.1, 0.15) is 0 Å². The molecule has 0 atom stereocenters. The molecule has 3 amide bonds. The van der Waals surface area contributed by atoms with Gasteiger partial charge in [0.15, 0.2) is 0 Å². The molecule has 0 aliphatic carbocycles. The fraction of sp³-hybridized carbons (Fsp3) is 0.222. The fourth-order valence-electron chi connectivity index (χ4n) is 2.68. The summed E-state index contributed by atoms with van der Waals surface area (Å²) >= 11 is 5.69. The van der Waals surface area contributed by atoms with E-state index in [1.807, 2.05) is 0 Å². The Morgan fingerprint density at radius 3 is 2.62 bits per heavy atom. The standard InChI is InChI=1S/C18H17ClFN3O3/c1-26-14-5-3-13(4-6-14)23-9-8-22(18(23)25)11-17(24)21-12-2-7-16(20)15(19)10-12/h2-7,10H,8-9,11H2,1H3,(H,21,24). The van der Waals surface area contributed by atoms with Gasteiger partial charge in [-0.25, -0.2) is 9.18 Å². The van der Waals surface area contributed by atoms with Gasteiger partial charge in [0.2, 0.25) is 5.91 Å². The van der Waals surface area contributed by atoms with E-state index in [9.17, 15) is 14.0 Å². The van der Waals surface area contributed by atoms with Crippen molar-refractivity contribution in [3.63, 3.8) is 0 Å². The summed E-state index contributed by atoms with van der Waals surface area (Å²) in [5, 5.41) is 2.53. The van der Waals surface area contributed by atoms with Crippen LogP contribution < -0.4 is 15.0 Å². The molecule has 2 aromatic carbocycles. The molecule has 1 N–H and O–H groups in total. The summed E-state index contributed by atoms with van der Waals surface area (Å²) in [7, 11) is 1.57. The highest BCUT2D eigenvalue weighted by Gasteiger charge is 2.30. The van der Waals surface area contributed by atoms with Crippen LogP contribution >= 0.6 is 11.6 Å². The summed E-state index contributed by atoms with van der Waals surface area (Å²) in [6, 6.07) is 10.8. The zero-order chi connectivity index (χ0) is 18.7. The molecule has 0 saturated carbocycles. The Balaban J connectivity index is 1.60. The number of urea groups is 1. The lowest BCUT2D eigenvalue weighted by atomic mass is 10.3. The summed E-state index contributed by atoms with van der Waals surface area (Å²) in [5.41, 5.74) is 1.11. The molecule has 0 bridgehead atoms. The molecule has 26 heavy (non-hydrogen) atoms. The minimum absolute atomic E-state index is 0.0780. The highest BCUT2D eigenvalue weighted by Crippen LogP contribution is 2.23. The van der Waals surface area contributed by atoms with Crippen LogP contribution in [0.5, 0.6) is 5.75 Å². The SMILES string of the molecule is COc1ccc(N2CCN(CC(=O)Nc3ccc(F)c(Cl)c3)C2=O)cc1. The molecule has 0 radical (unpaired) electrons. The van der Waals surface area contributed by atoms with Gasteiger partial charge in [-0.1, -0.05) is 11.6 Å². The zero-order valence-electron chi connectivity index (χ0n) is 14.0. The number of methoxy groups -OCH3 is 1. The number of benzene rings is 2. The lowest BCUT2D eigenvalue weighted by molar-refractivity contribution is -0.116. The minimum Gasteiger partial charge on any atom is -0.497 e. The molecule has 1 aliphatic rings. The van der Waals surface area contributed by atoms with E-state index < -0.39 is 5.82 Å². The third-order valence-electron chi connectivity index (χ3n) is 4.02. The van der Waals surface area contributed by atoms with Crippen molar-refractivity contribution in [2.45, 2.75) is 0 Å². The van der Waals surface area contributed by atoms with Crippen molar-refractivity contribution < 1.29 is 18.7 Å². The number of anilines is 2. The molecule has 1 heterocycles. The summed E-state index contributed by atoms with van der Waals surface area (Å²) in [4.78, 5) is 27.7. The maximum atomic E-state index is 13.2. The van der Waals surface area contributed by atoms with Gasteiger partial charge in [0, 0.05) is 24.5 Å². The second kappa shape index (κ2) is 7.61. The number of nitrogens with one attached hydrogen (secondary N) is 1. The molecule has 136 valence electrons. The van der Waals surface area contributed by atoms with E-state index in [0.29, 0.717) is 24.5 Å². The van der Waals surface area contributed by atoms with Gasteiger partial charge in [-0.15, -0.1) is 0 Å². The van der Waals surface area contributed by atoms with Gasteiger partial charge in [-0.3, -0.25) is 9.69 Å². The third-order valence-corrected chi connectivity index (χ3v) is 4.31. The zero-order valence-corrected chi connectivity index (χ0v) is 14.8. The number of hydrogen-bond acceptors (Lipinski definition) is 3. The normalized spacial score (nSPS) is 13.9. The third kappa shape index (κ3) is 3.88. The van der Waals surface area contributed by atoms with Crippen LogP contribution in [0.3, 0.4) is 0 Å². The van der Waals surface area contributed by atoms with Gasteiger partial charge < -0.3 is 15.0 Å². The number of amides is 3. The molecule has 2 aromatic rings. The smallest absolute Gasteiger partial charge is 0.325 e. The van der Waals surface area contributed by atoms with Gasteiger partial charge in [0.1, 0.15) is 18.1 Å². The van der Waals surface area contributed by atoms with Crippen LogP contribution in [-0.2, 0) is 4.79 Å². The first-order valence-electron chi connectivity index (χ1n) is 7.93. The number of halogens is 2. The van der Waals surface area contributed by atoms with Crippen LogP contribution in [0.4, 0.5) is 20.6 Å². The first kappa shape index (κ1) is 18.0. The van der Waals surface area contributed by atoms with Crippen LogP contribution in [0.15, 0.2) is 42.5 Å². The Morgan fingerprint density at radius 1 is 1.23 bits per heavy atom. The first-order chi connectivity index (χ1) is 12.5. The second-order valence-electron chi connectivity index (χ2n) is 5.73. The van der Waals surface area contributed by atoms with Gasteiger partial charge in [-0.2, -0.15) is 0 Å². The van der Waals surface area contributed by atoms with E-state index >= 15 is 0 Å². The molecule has 6 nitrogen and oxygen atoms in total. The molecule has 0 aromatic heterocycles. The van der Waals surface area contributed by atoms with Crippen molar-refractivity contribution in [2.24, 2.45) is 0 Å². The number of carbonyl (C=O) groups excluding carboxylic acids is 2. The van der Waals surface area contributed by atoms with Crippen molar-refractivity contribution >= 4 is 34.9 Å². The van der Waals surface area contributed by atoms with Crippen molar-refractivity contribution in [1.82, 2.24) is 4.90 Å². The summed E-state index contributed by atoms with van der Waals surface area (Å²) in [5.74, 6) is -0.235. The van der Waals surface area contributed by atoms with Crippen LogP contribution in [0.2, 0.25) is 5.02 Å². The van der Waals surface area contributed by atoms with Crippen molar-refractivity contribution in [3.8, 4) is 5.75 Å². The van der Waals surface area contributed by atoms with Crippen molar-refractivity contribution in [2.75, 3.05) is 37.0 Å². The Kier molecular flexibility index (Phi) is 5.27. The van der Waals surface area contributed by atoms with E-state index in [4.69, 9.17) is 16.3 Å². The number of carbonyl (C=O) groups is 2. The number of ether oxygens (including phenoxy) is 1. The van der Waals surface area contributed by atoms with Crippen LogP contribution in [-0.4, -0.2) is 43.6 Å². The molecule has 1 saturated heterocycles. The van der Waals surface area contributed by atoms with Gasteiger partial charge >= 0.3 is 6.03 Å². The summed E-state index contributed by atoms with van der Waals surface area (Å²) < 4.78 is 18.3. The Hall–Kier alpha value is -2.80. The quantitative estimate of drug-likeness (QED) is 0.869. The highest BCUT2D eigenvalue weighted by atomic mass is 35.5. The lowest BCUT2D eigenvalue weighted by Gasteiger charge is -2.18. The number of hydrogen-bond donors (Lipinski definition) is 1. The van der Waals surface area contributed by atoms with E-state index in [-0.39, 0.29) is 23.5 Å². The highest BCUT2D eigenvalue weighted by molar-refractivity contribution is 6.31. The van der Waals surface area contributed by atoms with E-state index in [0.717, 1.165) is 5.69 Å². The van der Waals surface area contributed by atoms with Crippen LogP contribution in [0.25, 0.3) is 0 Å². The lowest BCUT2D eigenvalue weighted by Crippen LogP contribution is -2.37. The monoisotopic (exact) mass is 377 g/mol. The predicted octanol–water partition coefficient (Wildman–Crippen LogP) is 3.37. The molecule has 0 spiro atoms. The van der Waals surface area contributed by atoms with Gasteiger partial charge in [-0.05, 0) is 42.5 Å². The number of rotatable bonds is 5. The molecule has 1 aliphatic heterocycles. The average molecular weight is 378 g/mol. The second-order valence-corrected chi connectivity index (χ2v) is 6.14. The van der Waals surface area contributed by atoms with E-state index in [1.165, 1.54) is 23.1 Å². The van der Waals surface area contributed by atoms with E-state index in [1.54, 1.807) is 36.3 Å². The fourth-order valence-corrected chi connectivity index (χ4v) is 2.86. The molecule has 0 unspecified atom stereocenters. The average Bonchev–Trinajstić information content (AvgIpc) is 2.99. The Bertz CT molecular complexity index is 829. The Morgan fingerprint density at radius 2 is 1.96 bits per heavy atom. The van der Waals surface area contributed by atoms with Gasteiger partial charge in [0.05, 0.1) is 12.1 Å². The first-order valence-corrected chi connectivity index (χ1v) is 8.31. The van der Waals surface area contributed by atoms with Crippen molar-refractivity contribution in [3.05, 3.63) is 53.3 Å². The van der Waals surface area contributed by atoms with Crippen molar-refractivity contribution in [1.29, 1.82) is 0 Å². The molecular weight excluding hydrogens is 361 g/mol. The topological polar surface area (TPSA) is 61.9 Å². The maximum absolute atomic E-state index is 13.2. The summed E-state index contributed by atoms with van der Waals surface area (Å²) in [6.07, 6.45) is 0. The minimum atomic E-state index is -0.561. The molecule has 8 heteroatoms.